The van der Waals surface area contributed by atoms with Crippen LogP contribution in [0.15, 0.2) is 72.8 Å². The molecule has 1 aliphatic rings. The molecule has 30 heavy (non-hydrogen) atoms. The summed E-state index contributed by atoms with van der Waals surface area (Å²) < 4.78 is 19.6. The summed E-state index contributed by atoms with van der Waals surface area (Å²) in [6.45, 7) is 0.0942. The fourth-order valence-corrected chi connectivity index (χ4v) is 3.95. The zero-order valence-electron chi connectivity index (χ0n) is 16.0. The molecule has 0 heterocycles. The average Bonchev–Trinajstić information content (AvgIpc) is 3.06. The number of carbonyl (C=O) groups is 2. The molecule has 0 spiro atoms. The summed E-state index contributed by atoms with van der Waals surface area (Å²) in [5, 5.41) is 11.7. The van der Waals surface area contributed by atoms with Crippen LogP contribution in [0.2, 0.25) is 0 Å². The number of aliphatic carboxylic acids is 1. The predicted molar refractivity (Wildman–Crippen MR) is 110 cm³/mol. The maximum absolute atomic E-state index is 14.1. The van der Waals surface area contributed by atoms with E-state index in [1.54, 1.807) is 6.07 Å². The van der Waals surface area contributed by atoms with Crippen molar-refractivity contribution in [1.29, 1.82) is 0 Å². The molecule has 0 fully saturated rings. The van der Waals surface area contributed by atoms with Crippen molar-refractivity contribution >= 4 is 12.1 Å². The number of hydrogen-bond donors (Lipinski definition) is 2. The number of nitrogens with one attached hydrogen (secondary N) is 1. The van der Waals surface area contributed by atoms with E-state index in [-0.39, 0.29) is 18.1 Å². The highest BCUT2D eigenvalue weighted by Crippen LogP contribution is 2.44. The Hall–Kier alpha value is -3.67. The van der Waals surface area contributed by atoms with Gasteiger partial charge in [-0.2, -0.15) is 0 Å². The van der Waals surface area contributed by atoms with Crippen LogP contribution in [-0.2, 0) is 9.53 Å². The summed E-state index contributed by atoms with van der Waals surface area (Å²) in [6, 6.07) is 20.7. The van der Waals surface area contributed by atoms with E-state index < -0.39 is 30.3 Å². The van der Waals surface area contributed by atoms with Crippen molar-refractivity contribution in [3.8, 4) is 11.1 Å². The summed E-state index contributed by atoms with van der Waals surface area (Å²) in [5.41, 5.74) is 4.47. The number of halogens is 1. The van der Waals surface area contributed by atoms with Crippen molar-refractivity contribution in [2.45, 2.75) is 18.4 Å². The molecular formula is C24H20FNO4. The Balaban J connectivity index is 1.49. The van der Waals surface area contributed by atoms with Crippen molar-refractivity contribution in [3.05, 3.63) is 95.3 Å². The van der Waals surface area contributed by atoms with Gasteiger partial charge in [0, 0.05) is 11.5 Å². The van der Waals surface area contributed by atoms with Crippen molar-refractivity contribution in [2.75, 3.05) is 6.61 Å². The van der Waals surface area contributed by atoms with Crippen LogP contribution < -0.4 is 5.32 Å². The van der Waals surface area contributed by atoms with Gasteiger partial charge in [-0.3, -0.25) is 4.79 Å². The molecule has 6 heteroatoms. The van der Waals surface area contributed by atoms with E-state index >= 15 is 0 Å². The molecule has 3 aromatic carbocycles. The van der Waals surface area contributed by atoms with Crippen molar-refractivity contribution in [2.24, 2.45) is 0 Å². The second kappa shape index (κ2) is 8.37. The lowest BCUT2D eigenvalue weighted by Crippen LogP contribution is -2.32. The van der Waals surface area contributed by atoms with E-state index in [1.165, 1.54) is 18.2 Å². The Morgan fingerprint density at radius 1 is 0.933 bits per heavy atom. The summed E-state index contributed by atoms with van der Waals surface area (Å²) >= 11 is 0. The third-order valence-corrected chi connectivity index (χ3v) is 5.30. The molecule has 0 aliphatic heterocycles. The van der Waals surface area contributed by atoms with Crippen LogP contribution in [0.3, 0.4) is 0 Å². The standard InChI is InChI=1S/C24H20FNO4/c25-21-12-6-5-11-19(21)22(13-23(27)28)26-24(29)30-14-20-17-9-3-1-7-15(17)16-8-2-4-10-18(16)20/h1-12,20,22H,13-14H2,(H,26,29)(H,27,28)/t22-/m0/s1. The van der Waals surface area contributed by atoms with Crippen LogP contribution in [0.25, 0.3) is 11.1 Å². The number of fused-ring (bicyclic) bond motifs is 3. The van der Waals surface area contributed by atoms with E-state index in [0.29, 0.717) is 0 Å². The number of alkyl carbamates (subject to hydrolysis) is 1. The van der Waals surface area contributed by atoms with Crippen LogP contribution in [0.4, 0.5) is 9.18 Å². The molecule has 0 unspecified atom stereocenters. The quantitative estimate of drug-likeness (QED) is 0.613. The smallest absolute Gasteiger partial charge is 0.407 e. The fraction of sp³-hybridized carbons (Fsp3) is 0.167. The molecule has 3 aromatic rings. The molecule has 0 saturated heterocycles. The van der Waals surface area contributed by atoms with Gasteiger partial charge < -0.3 is 15.2 Å². The molecule has 152 valence electrons. The van der Waals surface area contributed by atoms with Crippen molar-refractivity contribution in [1.82, 2.24) is 5.32 Å². The zero-order chi connectivity index (χ0) is 21.1. The molecule has 1 aliphatic carbocycles. The first-order valence-electron chi connectivity index (χ1n) is 9.62. The third-order valence-electron chi connectivity index (χ3n) is 5.30. The van der Waals surface area contributed by atoms with Crippen LogP contribution in [0.5, 0.6) is 0 Å². The minimum Gasteiger partial charge on any atom is -0.481 e. The monoisotopic (exact) mass is 405 g/mol. The number of benzene rings is 3. The lowest BCUT2D eigenvalue weighted by atomic mass is 9.98. The second-order valence-corrected chi connectivity index (χ2v) is 7.14. The molecule has 0 aromatic heterocycles. The Morgan fingerprint density at radius 3 is 2.10 bits per heavy atom. The van der Waals surface area contributed by atoms with Gasteiger partial charge in [0.25, 0.3) is 0 Å². The molecule has 1 atom stereocenters. The number of ether oxygens (including phenoxy) is 1. The van der Waals surface area contributed by atoms with E-state index in [9.17, 15) is 14.0 Å². The lowest BCUT2D eigenvalue weighted by Gasteiger charge is -2.19. The summed E-state index contributed by atoms with van der Waals surface area (Å²) in [6.07, 6.45) is -1.24. The lowest BCUT2D eigenvalue weighted by molar-refractivity contribution is -0.137. The number of carboxylic acids is 1. The SMILES string of the molecule is O=C(O)C[C@H](NC(=O)OCC1c2ccccc2-c2ccccc21)c1ccccc1F. The average molecular weight is 405 g/mol. The van der Waals surface area contributed by atoms with E-state index in [1.807, 2.05) is 48.5 Å². The maximum Gasteiger partial charge on any atom is 0.407 e. The Morgan fingerprint density at radius 2 is 1.50 bits per heavy atom. The van der Waals surface area contributed by atoms with Gasteiger partial charge >= 0.3 is 12.1 Å². The van der Waals surface area contributed by atoms with Crippen LogP contribution >= 0.6 is 0 Å². The first-order valence-corrected chi connectivity index (χ1v) is 9.62. The Bertz CT molecular complexity index is 1050. The molecule has 0 bridgehead atoms. The summed E-state index contributed by atoms with van der Waals surface area (Å²) in [5.74, 6) is -1.85. The number of amides is 1. The summed E-state index contributed by atoms with van der Waals surface area (Å²) in [4.78, 5) is 23.7. The van der Waals surface area contributed by atoms with Crippen LogP contribution in [0, 0.1) is 5.82 Å². The minimum absolute atomic E-state index is 0.0942. The minimum atomic E-state index is -1.15. The number of rotatable bonds is 6. The maximum atomic E-state index is 14.1. The number of carbonyl (C=O) groups excluding carboxylic acids is 1. The highest BCUT2D eigenvalue weighted by Gasteiger charge is 2.29. The van der Waals surface area contributed by atoms with E-state index in [2.05, 4.69) is 5.32 Å². The van der Waals surface area contributed by atoms with Gasteiger partial charge in [0.1, 0.15) is 12.4 Å². The van der Waals surface area contributed by atoms with Gasteiger partial charge in [0.2, 0.25) is 0 Å². The normalized spacial score (nSPS) is 13.2. The number of carboxylic acid groups (broad SMARTS) is 1. The summed E-state index contributed by atoms with van der Waals surface area (Å²) in [7, 11) is 0. The fourth-order valence-electron chi connectivity index (χ4n) is 3.95. The molecule has 4 rings (SSSR count). The Kier molecular flexibility index (Phi) is 5.48. The first-order chi connectivity index (χ1) is 14.5. The predicted octanol–water partition coefficient (Wildman–Crippen LogP) is 4.88. The van der Waals surface area contributed by atoms with Crippen LogP contribution in [0.1, 0.15) is 35.1 Å². The second-order valence-electron chi connectivity index (χ2n) is 7.14. The first kappa shape index (κ1) is 19.6. The topological polar surface area (TPSA) is 75.6 Å². The van der Waals surface area contributed by atoms with Crippen molar-refractivity contribution in [3.63, 3.8) is 0 Å². The van der Waals surface area contributed by atoms with Gasteiger partial charge in [-0.05, 0) is 28.3 Å². The number of hydrogen-bond acceptors (Lipinski definition) is 3. The third kappa shape index (κ3) is 3.89. The van der Waals surface area contributed by atoms with Gasteiger partial charge in [-0.25, -0.2) is 9.18 Å². The van der Waals surface area contributed by atoms with E-state index in [0.717, 1.165) is 22.3 Å². The highest BCUT2D eigenvalue weighted by atomic mass is 19.1. The largest absolute Gasteiger partial charge is 0.481 e. The van der Waals surface area contributed by atoms with E-state index in [4.69, 9.17) is 9.84 Å². The van der Waals surface area contributed by atoms with Gasteiger partial charge in [-0.15, -0.1) is 0 Å². The molecule has 2 N–H and O–H groups in total. The molecule has 0 saturated carbocycles. The van der Waals surface area contributed by atoms with Gasteiger partial charge in [0.05, 0.1) is 12.5 Å². The van der Waals surface area contributed by atoms with Gasteiger partial charge in [-0.1, -0.05) is 66.7 Å². The van der Waals surface area contributed by atoms with Crippen molar-refractivity contribution < 1.29 is 23.8 Å². The van der Waals surface area contributed by atoms with Crippen LogP contribution in [-0.4, -0.2) is 23.8 Å². The Labute approximate surface area is 173 Å². The molecular weight excluding hydrogens is 385 g/mol. The molecule has 0 radical (unpaired) electrons. The molecule has 5 nitrogen and oxygen atoms in total. The highest BCUT2D eigenvalue weighted by molar-refractivity contribution is 5.79. The zero-order valence-corrected chi connectivity index (χ0v) is 16.0. The van der Waals surface area contributed by atoms with Gasteiger partial charge in [0.15, 0.2) is 0 Å². The molecule has 1 amide bonds.